The van der Waals surface area contributed by atoms with Crippen molar-refractivity contribution in [2.45, 2.75) is 76.7 Å². The molecule has 0 heterocycles. The standard InChI is InChI=1S/C36H50O4Si4/c1-41(2)37-33-25-21-31(22-26-33)36(40-44(8,9)10,32-23-27-34(28-24-32)38-42(3)4)35(39-43(5,6)7,29-17-13-11-14-18-29)30-19-15-12-16-20-30/h11-28,41-42H,1-10H3. The Morgan fingerprint density at radius 1 is 0.409 bits per heavy atom. The lowest BCUT2D eigenvalue weighted by molar-refractivity contribution is -0.0880. The molecule has 4 aromatic rings. The average Bonchev–Trinajstić information content (AvgIpc) is 2.95. The summed E-state index contributed by atoms with van der Waals surface area (Å²) in [5, 5.41) is 0. The van der Waals surface area contributed by atoms with Gasteiger partial charge < -0.3 is 17.7 Å². The van der Waals surface area contributed by atoms with Gasteiger partial charge in [-0.2, -0.15) is 0 Å². The van der Waals surface area contributed by atoms with Crippen LogP contribution in [0.1, 0.15) is 22.3 Å². The van der Waals surface area contributed by atoms with Gasteiger partial charge in [-0.05, 0) is 112 Å². The molecule has 0 unspecified atom stereocenters. The van der Waals surface area contributed by atoms with E-state index in [1.807, 2.05) is 0 Å². The van der Waals surface area contributed by atoms with Crippen LogP contribution in [0.5, 0.6) is 11.5 Å². The highest BCUT2D eigenvalue weighted by atomic mass is 28.4. The van der Waals surface area contributed by atoms with E-state index in [9.17, 15) is 0 Å². The van der Waals surface area contributed by atoms with E-state index in [-0.39, 0.29) is 0 Å². The van der Waals surface area contributed by atoms with E-state index in [1.54, 1.807) is 0 Å². The van der Waals surface area contributed by atoms with Crippen molar-refractivity contribution >= 4 is 34.7 Å². The second-order valence-corrected chi connectivity index (χ2v) is 27.4. The third kappa shape index (κ3) is 7.73. The van der Waals surface area contributed by atoms with Crippen molar-refractivity contribution in [2.75, 3.05) is 0 Å². The molecule has 0 aliphatic rings. The Labute approximate surface area is 271 Å². The van der Waals surface area contributed by atoms with Crippen molar-refractivity contribution in [1.29, 1.82) is 0 Å². The molecule has 44 heavy (non-hydrogen) atoms. The Morgan fingerprint density at radius 2 is 0.682 bits per heavy atom. The summed E-state index contributed by atoms with van der Waals surface area (Å²) in [6, 6.07) is 38.5. The van der Waals surface area contributed by atoms with E-state index >= 15 is 0 Å². The normalized spacial score (nSPS) is 12.9. The predicted molar refractivity (Wildman–Crippen MR) is 195 cm³/mol. The number of benzene rings is 4. The molecule has 0 saturated carbocycles. The van der Waals surface area contributed by atoms with Crippen LogP contribution in [0.15, 0.2) is 109 Å². The molecule has 0 bridgehead atoms. The largest absolute Gasteiger partial charge is 0.547 e. The second kappa shape index (κ2) is 13.7. The van der Waals surface area contributed by atoms with E-state index in [2.05, 4.69) is 175 Å². The monoisotopic (exact) mass is 658 g/mol. The smallest absolute Gasteiger partial charge is 0.229 e. The molecule has 0 fully saturated rings. The van der Waals surface area contributed by atoms with Crippen LogP contribution in [0.3, 0.4) is 0 Å². The van der Waals surface area contributed by atoms with Gasteiger partial charge >= 0.3 is 0 Å². The zero-order valence-electron chi connectivity index (χ0n) is 28.2. The Bertz CT molecular complexity index is 1370. The van der Waals surface area contributed by atoms with Crippen molar-refractivity contribution in [3.8, 4) is 11.5 Å². The van der Waals surface area contributed by atoms with Crippen LogP contribution >= 0.6 is 0 Å². The van der Waals surface area contributed by atoms with Gasteiger partial charge in [-0.3, -0.25) is 0 Å². The minimum Gasteiger partial charge on any atom is -0.547 e. The van der Waals surface area contributed by atoms with Crippen molar-refractivity contribution in [2.24, 2.45) is 0 Å². The molecular formula is C36H50O4Si4. The summed E-state index contributed by atoms with van der Waals surface area (Å²) in [6.07, 6.45) is 0. The Kier molecular flexibility index (Phi) is 10.6. The number of hydrogen-bond acceptors (Lipinski definition) is 4. The van der Waals surface area contributed by atoms with Crippen LogP contribution in [-0.4, -0.2) is 34.7 Å². The molecule has 4 rings (SSSR count). The fourth-order valence-electron chi connectivity index (χ4n) is 5.87. The molecule has 0 aliphatic heterocycles. The minimum atomic E-state index is -2.30. The van der Waals surface area contributed by atoms with Gasteiger partial charge in [0, 0.05) is 0 Å². The van der Waals surface area contributed by atoms with Crippen molar-refractivity contribution in [3.05, 3.63) is 131 Å². The third-order valence-electron chi connectivity index (χ3n) is 7.04. The zero-order chi connectivity index (χ0) is 32.2. The van der Waals surface area contributed by atoms with Crippen LogP contribution in [0.25, 0.3) is 0 Å². The lowest BCUT2D eigenvalue weighted by atomic mass is 9.66. The molecule has 4 aromatic carbocycles. The highest BCUT2D eigenvalue weighted by Crippen LogP contribution is 2.57. The second-order valence-electron chi connectivity index (χ2n) is 13.9. The van der Waals surface area contributed by atoms with Crippen LogP contribution in [0.4, 0.5) is 0 Å². The van der Waals surface area contributed by atoms with Gasteiger partial charge in [0.1, 0.15) is 22.7 Å². The average molecular weight is 659 g/mol. The molecule has 0 aromatic heterocycles. The van der Waals surface area contributed by atoms with Gasteiger partial charge in [0.15, 0.2) is 16.6 Å². The molecular weight excluding hydrogens is 609 g/mol. The summed E-state index contributed by atoms with van der Waals surface area (Å²) in [4.78, 5) is 0. The maximum Gasteiger partial charge on any atom is 0.229 e. The number of rotatable bonds is 13. The molecule has 0 atom stereocenters. The van der Waals surface area contributed by atoms with Gasteiger partial charge in [-0.25, -0.2) is 0 Å². The van der Waals surface area contributed by atoms with Gasteiger partial charge in [-0.1, -0.05) is 84.9 Å². The van der Waals surface area contributed by atoms with Crippen LogP contribution in [0, 0.1) is 0 Å². The SMILES string of the molecule is C[SiH](C)Oc1ccc(C(O[Si](C)(C)C)(c2ccc(O[SiH](C)C)cc2)C(O[Si](C)(C)C)(c2ccccc2)c2ccccc2)cc1. The van der Waals surface area contributed by atoms with E-state index in [0.29, 0.717) is 0 Å². The fraction of sp³-hybridized carbons (Fsp3) is 0.333. The highest BCUT2D eigenvalue weighted by Gasteiger charge is 2.60. The first-order chi connectivity index (χ1) is 20.7. The lowest BCUT2D eigenvalue weighted by Gasteiger charge is -2.55. The van der Waals surface area contributed by atoms with Gasteiger partial charge in [0.25, 0.3) is 0 Å². The Morgan fingerprint density at radius 3 is 0.932 bits per heavy atom. The molecule has 0 spiro atoms. The molecule has 0 saturated heterocycles. The van der Waals surface area contributed by atoms with Gasteiger partial charge in [-0.15, -0.1) is 0 Å². The summed E-state index contributed by atoms with van der Waals surface area (Å²) >= 11 is 0. The molecule has 0 N–H and O–H groups in total. The highest BCUT2D eigenvalue weighted by molar-refractivity contribution is 6.70. The summed E-state index contributed by atoms with van der Waals surface area (Å²) in [7, 11) is -7.14. The van der Waals surface area contributed by atoms with Gasteiger partial charge in [0.05, 0.1) is 0 Å². The maximum atomic E-state index is 7.73. The summed E-state index contributed by atoms with van der Waals surface area (Å²) in [5.74, 6) is 1.78. The van der Waals surface area contributed by atoms with Crippen LogP contribution in [0.2, 0.25) is 65.5 Å². The lowest BCUT2D eigenvalue weighted by Crippen LogP contribution is -2.60. The Balaban J connectivity index is 2.22. The van der Waals surface area contributed by atoms with Crippen LogP contribution < -0.4 is 8.85 Å². The first-order valence-corrected chi connectivity index (χ1v) is 28.1. The first kappa shape index (κ1) is 34.1. The molecule has 8 heteroatoms. The minimum absolute atomic E-state index is 0.888. The van der Waals surface area contributed by atoms with Crippen molar-refractivity contribution in [1.82, 2.24) is 0 Å². The zero-order valence-corrected chi connectivity index (χ0v) is 32.5. The molecule has 234 valence electrons. The van der Waals surface area contributed by atoms with Crippen molar-refractivity contribution < 1.29 is 17.7 Å². The quantitative estimate of drug-likeness (QED) is 0.134. The van der Waals surface area contributed by atoms with E-state index in [0.717, 1.165) is 33.8 Å². The molecule has 0 radical (unpaired) electrons. The summed E-state index contributed by atoms with van der Waals surface area (Å²) in [5.41, 5.74) is 2.08. The topological polar surface area (TPSA) is 36.9 Å². The van der Waals surface area contributed by atoms with E-state index in [1.165, 1.54) is 0 Å². The Hall–Kier alpha value is -2.73. The maximum absolute atomic E-state index is 7.73. The van der Waals surface area contributed by atoms with E-state index < -0.39 is 45.9 Å². The molecule has 4 nitrogen and oxygen atoms in total. The van der Waals surface area contributed by atoms with Crippen LogP contribution in [-0.2, 0) is 20.1 Å². The van der Waals surface area contributed by atoms with E-state index in [4.69, 9.17) is 17.7 Å². The first-order valence-electron chi connectivity index (χ1n) is 15.7. The molecule has 0 aliphatic carbocycles. The summed E-state index contributed by atoms with van der Waals surface area (Å²) < 4.78 is 27.9. The van der Waals surface area contributed by atoms with Crippen molar-refractivity contribution in [3.63, 3.8) is 0 Å². The number of hydrogen-bond donors (Lipinski definition) is 0. The summed E-state index contributed by atoms with van der Waals surface area (Å²) in [6.45, 7) is 22.3. The van der Waals surface area contributed by atoms with Gasteiger partial charge in [0.2, 0.25) is 18.1 Å². The fourth-order valence-corrected chi connectivity index (χ4v) is 9.87. The third-order valence-corrected chi connectivity index (χ3v) is 10.4. The predicted octanol–water partition coefficient (Wildman–Crippen LogP) is 9.30. The molecule has 0 amide bonds.